The summed E-state index contributed by atoms with van der Waals surface area (Å²) in [7, 11) is 0. The zero-order valence-electron chi connectivity index (χ0n) is 20.1. The van der Waals surface area contributed by atoms with E-state index in [1.165, 1.54) is 12.5 Å². The van der Waals surface area contributed by atoms with Crippen LogP contribution in [-0.2, 0) is 6.42 Å². The van der Waals surface area contributed by atoms with E-state index in [4.69, 9.17) is 20.8 Å². The third kappa shape index (κ3) is 5.01. The lowest BCUT2D eigenvalue weighted by molar-refractivity contribution is -0.130. The van der Waals surface area contributed by atoms with Crippen molar-refractivity contribution in [3.05, 3.63) is 34.4 Å². The van der Waals surface area contributed by atoms with Gasteiger partial charge in [0.1, 0.15) is 12.2 Å². The highest BCUT2D eigenvalue weighted by Crippen LogP contribution is 2.53. The molecule has 36 heavy (non-hydrogen) atoms. The lowest BCUT2D eigenvalue weighted by atomic mass is 9.75. The fraction of sp³-hybridized carbons (Fsp3) is 0.600. The average Bonchev–Trinajstić information content (AvgIpc) is 3.17. The SMILES string of the molecule is CCC1(CC)CN(c2nc(C(=O)Nc3cc(F)c(OC4CC5CC5C4)c(Cl)c3)c(CC(F)(F)F)o2)C1. The van der Waals surface area contributed by atoms with Crippen LogP contribution in [-0.4, -0.2) is 36.3 Å². The lowest BCUT2D eigenvalue weighted by Gasteiger charge is -2.49. The molecule has 0 radical (unpaired) electrons. The van der Waals surface area contributed by atoms with Gasteiger partial charge in [-0.3, -0.25) is 4.79 Å². The van der Waals surface area contributed by atoms with Crippen LogP contribution in [0.3, 0.4) is 0 Å². The zero-order chi connectivity index (χ0) is 25.8. The number of rotatable bonds is 8. The van der Waals surface area contributed by atoms with E-state index in [1.807, 2.05) is 0 Å². The number of amides is 1. The molecule has 2 aliphatic carbocycles. The van der Waals surface area contributed by atoms with Crippen molar-refractivity contribution in [3.63, 3.8) is 0 Å². The Morgan fingerprint density at radius 2 is 1.89 bits per heavy atom. The van der Waals surface area contributed by atoms with Crippen molar-refractivity contribution >= 4 is 29.2 Å². The highest BCUT2D eigenvalue weighted by atomic mass is 35.5. The molecule has 1 aromatic heterocycles. The van der Waals surface area contributed by atoms with Gasteiger partial charge in [-0.05, 0) is 50.0 Å². The number of anilines is 2. The van der Waals surface area contributed by atoms with E-state index >= 15 is 0 Å². The molecule has 3 aliphatic rings. The molecule has 2 saturated carbocycles. The summed E-state index contributed by atoms with van der Waals surface area (Å²) in [6.07, 6.45) is -1.40. The Kier molecular flexibility index (Phi) is 6.37. The minimum Gasteiger partial charge on any atom is -0.486 e. The minimum absolute atomic E-state index is 0.0217. The average molecular weight is 530 g/mol. The maximum Gasteiger partial charge on any atom is 0.396 e. The molecule has 2 aromatic rings. The second-order valence-electron chi connectivity index (χ2n) is 10.3. The summed E-state index contributed by atoms with van der Waals surface area (Å²) in [4.78, 5) is 18.7. The lowest BCUT2D eigenvalue weighted by Crippen LogP contribution is -2.56. The molecular weight excluding hydrogens is 502 g/mol. The topological polar surface area (TPSA) is 67.6 Å². The van der Waals surface area contributed by atoms with Crippen molar-refractivity contribution in [2.24, 2.45) is 17.3 Å². The molecule has 1 aliphatic heterocycles. The van der Waals surface area contributed by atoms with E-state index in [9.17, 15) is 22.4 Å². The minimum atomic E-state index is -4.60. The molecule has 2 atom stereocenters. The van der Waals surface area contributed by atoms with Gasteiger partial charge in [-0.25, -0.2) is 4.39 Å². The first kappa shape index (κ1) is 25.2. The highest BCUT2D eigenvalue weighted by molar-refractivity contribution is 6.32. The molecule has 2 unspecified atom stereocenters. The molecule has 2 heterocycles. The van der Waals surface area contributed by atoms with Crippen LogP contribution in [0.2, 0.25) is 5.02 Å². The molecular formula is C25H28ClF4N3O3. The van der Waals surface area contributed by atoms with Crippen molar-refractivity contribution in [2.75, 3.05) is 23.3 Å². The molecule has 0 bridgehead atoms. The number of ether oxygens (including phenoxy) is 1. The van der Waals surface area contributed by atoms with E-state index in [1.54, 1.807) is 4.90 Å². The van der Waals surface area contributed by atoms with Crippen LogP contribution in [0.1, 0.15) is 62.2 Å². The number of nitrogens with zero attached hydrogens (tertiary/aromatic N) is 2. The maximum absolute atomic E-state index is 14.8. The number of oxazole rings is 1. The van der Waals surface area contributed by atoms with Crippen LogP contribution in [0.25, 0.3) is 0 Å². The van der Waals surface area contributed by atoms with Gasteiger partial charge < -0.3 is 19.4 Å². The number of carbonyl (C=O) groups excluding carboxylic acids is 1. The Bertz CT molecular complexity index is 1120. The van der Waals surface area contributed by atoms with Crippen LogP contribution < -0.4 is 15.0 Å². The molecule has 11 heteroatoms. The van der Waals surface area contributed by atoms with Crippen LogP contribution in [0.5, 0.6) is 5.75 Å². The first-order valence-electron chi connectivity index (χ1n) is 12.3. The van der Waals surface area contributed by atoms with E-state index in [2.05, 4.69) is 24.1 Å². The Hall–Kier alpha value is -2.49. The highest BCUT2D eigenvalue weighted by Gasteiger charge is 2.47. The Morgan fingerprint density at radius 1 is 1.22 bits per heavy atom. The van der Waals surface area contributed by atoms with Gasteiger partial charge in [0.05, 0.1) is 11.1 Å². The molecule has 3 fully saturated rings. The Morgan fingerprint density at radius 3 is 2.47 bits per heavy atom. The fourth-order valence-electron chi connectivity index (χ4n) is 5.41. The monoisotopic (exact) mass is 529 g/mol. The molecule has 1 amide bonds. The van der Waals surface area contributed by atoms with Crippen molar-refractivity contribution in [1.82, 2.24) is 4.98 Å². The number of benzene rings is 1. The normalized spacial score (nSPS) is 24.3. The summed E-state index contributed by atoms with van der Waals surface area (Å²) in [6.45, 7) is 5.28. The molecule has 1 N–H and O–H groups in total. The Balaban J connectivity index is 1.32. The standard InChI is InChI=1S/C25H28ClF4N3O3/c1-3-24(4-2)11-33(12-24)23-32-20(19(36-23)10-25(28,29)30)22(34)31-15-8-17(26)21(18(27)9-15)35-16-6-13-5-14(13)7-16/h8-9,13-14,16H,3-7,10-12H2,1-2H3,(H,31,34). The number of carbonyl (C=O) groups is 1. The van der Waals surface area contributed by atoms with Crippen LogP contribution >= 0.6 is 11.6 Å². The Labute approximate surface area is 211 Å². The van der Waals surface area contributed by atoms with E-state index < -0.39 is 35.8 Å². The third-order valence-electron chi connectivity index (χ3n) is 7.83. The predicted molar refractivity (Wildman–Crippen MR) is 126 cm³/mol. The van der Waals surface area contributed by atoms with Gasteiger partial charge in [-0.1, -0.05) is 25.4 Å². The largest absolute Gasteiger partial charge is 0.486 e. The number of alkyl halides is 3. The molecule has 1 saturated heterocycles. The van der Waals surface area contributed by atoms with Gasteiger partial charge in [0.2, 0.25) is 0 Å². The first-order chi connectivity index (χ1) is 17.0. The van der Waals surface area contributed by atoms with Gasteiger partial charge in [-0.15, -0.1) is 0 Å². The smallest absolute Gasteiger partial charge is 0.396 e. The second-order valence-corrected chi connectivity index (χ2v) is 10.7. The van der Waals surface area contributed by atoms with E-state index in [-0.39, 0.29) is 34.0 Å². The van der Waals surface area contributed by atoms with E-state index in [0.717, 1.165) is 31.7 Å². The maximum atomic E-state index is 14.8. The zero-order valence-corrected chi connectivity index (χ0v) is 20.8. The summed E-state index contributed by atoms with van der Waals surface area (Å²) < 4.78 is 65.5. The summed E-state index contributed by atoms with van der Waals surface area (Å²) in [6, 6.07) is 2.31. The van der Waals surface area contributed by atoms with Gasteiger partial charge in [0, 0.05) is 30.3 Å². The summed E-state index contributed by atoms with van der Waals surface area (Å²) in [5.41, 5.74) is -0.459. The quantitative estimate of drug-likeness (QED) is 0.389. The number of aromatic nitrogens is 1. The summed E-state index contributed by atoms with van der Waals surface area (Å²) in [5, 5.41) is 2.37. The van der Waals surface area contributed by atoms with E-state index in [0.29, 0.717) is 24.9 Å². The number of fused-ring (bicyclic) bond motifs is 1. The van der Waals surface area contributed by atoms with Crippen LogP contribution in [0.15, 0.2) is 16.5 Å². The van der Waals surface area contributed by atoms with Gasteiger partial charge >= 0.3 is 6.18 Å². The third-order valence-corrected chi connectivity index (χ3v) is 8.11. The fourth-order valence-corrected chi connectivity index (χ4v) is 5.66. The first-order valence-corrected chi connectivity index (χ1v) is 12.7. The predicted octanol–water partition coefficient (Wildman–Crippen LogP) is 6.63. The molecule has 5 rings (SSSR count). The van der Waals surface area contributed by atoms with Gasteiger partial charge in [-0.2, -0.15) is 18.2 Å². The molecule has 6 nitrogen and oxygen atoms in total. The number of halogens is 5. The van der Waals surface area contributed by atoms with Crippen molar-refractivity contribution in [1.29, 1.82) is 0 Å². The molecule has 196 valence electrons. The van der Waals surface area contributed by atoms with Crippen molar-refractivity contribution < 1.29 is 31.5 Å². The van der Waals surface area contributed by atoms with Crippen LogP contribution in [0.4, 0.5) is 29.3 Å². The number of hydrogen-bond donors (Lipinski definition) is 1. The number of nitrogens with one attached hydrogen (secondary N) is 1. The van der Waals surface area contributed by atoms with Gasteiger partial charge in [0.15, 0.2) is 17.3 Å². The summed E-state index contributed by atoms with van der Waals surface area (Å²) in [5.74, 6) is -1.09. The van der Waals surface area contributed by atoms with Crippen LogP contribution in [0, 0.1) is 23.1 Å². The van der Waals surface area contributed by atoms with Crippen molar-refractivity contribution in [3.8, 4) is 5.75 Å². The van der Waals surface area contributed by atoms with Crippen molar-refractivity contribution in [2.45, 2.75) is 64.7 Å². The molecule has 1 aromatic carbocycles. The number of hydrogen-bond acceptors (Lipinski definition) is 5. The second kappa shape index (κ2) is 9.11. The summed E-state index contributed by atoms with van der Waals surface area (Å²) >= 11 is 6.23. The molecule has 0 spiro atoms. The van der Waals surface area contributed by atoms with Gasteiger partial charge in [0.25, 0.3) is 11.9 Å².